The third-order valence-corrected chi connectivity index (χ3v) is 6.14. The van der Waals surface area contributed by atoms with Crippen LogP contribution in [0.5, 0.6) is 0 Å². The Bertz CT molecular complexity index is 497. The van der Waals surface area contributed by atoms with Crippen molar-refractivity contribution in [1.29, 1.82) is 0 Å². The molecule has 0 saturated heterocycles. The fourth-order valence-electron chi connectivity index (χ4n) is 1.23. The average molecular weight is 342 g/mol. The molecule has 0 saturated carbocycles. The molecule has 0 bridgehead atoms. The fraction of sp³-hybridized carbons (Fsp3) is 0.444. The second kappa shape index (κ2) is 5.94. The molecular weight excluding hydrogens is 330 g/mol. The number of carbonyl (C=O) groups is 1. The summed E-state index contributed by atoms with van der Waals surface area (Å²) in [6.45, 7) is 1.93. The molecule has 0 aromatic carbocycles. The van der Waals surface area contributed by atoms with Crippen molar-refractivity contribution < 1.29 is 18.3 Å². The van der Waals surface area contributed by atoms with Crippen molar-refractivity contribution in [1.82, 2.24) is 4.31 Å². The molecule has 0 amide bonds. The topological polar surface area (TPSA) is 74.7 Å². The third kappa shape index (κ3) is 3.77. The fourth-order valence-corrected chi connectivity index (χ4v) is 4.85. The standard InChI is InChI=1S/C9H12BrNO4S2/c1-2-11(6-5-8(12)13)17(14,15)9-4-3-7(10)16-9/h3-4H,2,5-6H2,1H3,(H,12,13). The van der Waals surface area contributed by atoms with Gasteiger partial charge in [0.1, 0.15) is 4.21 Å². The Morgan fingerprint density at radius 2 is 2.18 bits per heavy atom. The summed E-state index contributed by atoms with van der Waals surface area (Å²) < 4.78 is 26.3. The number of carboxylic acids is 1. The molecule has 1 N–H and O–H groups in total. The van der Waals surface area contributed by atoms with E-state index in [4.69, 9.17) is 5.11 Å². The van der Waals surface area contributed by atoms with E-state index in [9.17, 15) is 13.2 Å². The lowest BCUT2D eigenvalue weighted by Crippen LogP contribution is -2.32. The molecule has 0 atom stereocenters. The summed E-state index contributed by atoms with van der Waals surface area (Å²) in [6.07, 6.45) is -0.195. The van der Waals surface area contributed by atoms with Gasteiger partial charge < -0.3 is 5.11 Å². The van der Waals surface area contributed by atoms with Crippen molar-refractivity contribution in [2.24, 2.45) is 0 Å². The van der Waals surface area contributed by atoms with Crippen molar-refractivity contribution in [2.45, 2.75) is 17.6 Å². The van der Waals surface area contributed by atoms with E-state index in [0.717, 1.165) is 15.1 Å². The summed E-state index contributed by atoms with van der Waals surface area (Å²) in [6, 6.07) is 3.16. The first kappa shape index (κ1) is 14.6. The molecular formula is C9H12BrNO4S2. The second-order valence-corrected chi connectivity index (χ2v) is 7.83. The average Bonchev–Trinajstić information content (AvgIpc) is 2.65. The first-order valence-corrected chi connectivity index (χ1v) is 7.90. The minimum atomic E-state index is -3.57. The normalized spacial score (nSPS) is 11.9. The number of hydrogen-bond donors (Lipinski definition) is 1. The van der Waals surface area contributed by atoms with Crippen LogP contribution in [-0.4, -0.2) is 36.9 Å². The van der Waals surface area contributed by atoms with Gasteiger partial charge in [-0.1, -0.05) is 6.92 Å². The molecule has 1 heterocycles. The Labute approximate surface area is 112 Å². The van der Waals surface area contributed by atoms with Gasteiger partial charge in [0, 0.05) is 13.1 Å². The Morgan fingerprint density at radius 1 is 1.53 bits per heavy atom. The largest absolute Gasteiger partial charge is 0.481 e. The van der Waals surface area contributed by atoms with Crippen LogP contribution in [0.25, 0.3) is 0 Å². The first-order chi connectivity index (χ1) is 7.87. The van der Waals surface area contributed by atoms with Crippen molar-refractivity contribution in [3.63, 3.8) is 0 Å². The molecule has 0 aliphatic rings. The van der Waals surface area contributed by atoms with Crippen molar-refractivity contribution in [3.8, 4) is 0 Å². The molecule has 96 valence electrons. The van der Waals surface area contributed by atoms with Gasteiger partial charge in [0.2, 0.25) is 0 Å². The van der Waals surface area contributed by atoms with Crippen LogP contribution in [-0.2, 0) is 14.8 Å². The number of carboxylic acid groups (broad SMARTS) is 1. The number of nitrogens with zero attached hydrogens (tertiary/aromatic N) is 1. The van der Waals surface area contributed by atoms with E-state index in [2.05, 4.69) is 15.9 Å². The van der Waals surface area contributed by atoms with Crippen LogP contribution in [0.2, 0.25) is 0 Å². The van der Waals surface area contributed by atoms with Crippen LogP contribution in [0, 0.1) is 0 Å². The van der Waals surface area contributed by atoms with E-state index in [-0.39, 0.29) is 23.7 Å². The predicted molar refractivity (Wildman–Crippen MR) is 68.7 cm³/mol. The smallest absolute Gasteiger partial charge is 0.304 e. The minimum Gasteiger partial charge on any atom is -0.481 e. The van der Waals surface area contributed by atoms with Gasteiger partial charge in [-0.3, -0.25) is 4.79 Å². The molecule has 1 rings (SSSR count). The van der Waals surface area contributed by atoms with Gasteiger partial charge in [-0.05, 0) is 28.1 Å². The van der Waals surface area contributed by atoms with E-state index in [1.165, 1.54) is 10.4 Å². The number of aliphatic carboxylic acids is 1. The number of hydrogen-bond acceptors (Lipinski definition) is 4. The maximum Gasteiger partial charge on any atom is 0.304 e. The molecule has 1 aromatic heterocycles. The van der Waals surface area contributed by atoms with Gasteiger partial charge in [-0.2, -0.15) is 4.31 Å². The summed E-state index contributed by atoms with van der Waals surface area (Å²) in [5, 5.41) is 8.57. The molecule has 8 heteroatoms. The highest BCUT2D eigenvalue weighted by atomic mass is 79.9. The zero-order valence-corrected chi connectivity index (χ0v) is 12.3. The van der Waals surface area contributed by atoms with Gasteiger partial charge in [-0.25, -0.2) is 8.42 Å². The summed E-state index contributed by atoms with van der Waals surface area (Å²) in [7, 11) is -3.57. The van der Waals surface area contributed by atoms with Gasteiger partial charge in [0.15, 0.2) is 0 Å². The van der Waals surface area contributed by atoms with Crippen LogP contribution in [0.15, 0.2) is 20.1 Å². The SMILES string of the molecule is CCN(CCC(=O)O)S(=O)(=O)c1ccc(Br)s1. The van der Waals surface area contributed by atoms with E-state index in [0.29, 0.717) is 0 Å². The zero-order chi connectivity index (χ0) is 13.1. The molecule has 1 aromatic rings. The number of thiophene rings is 1. The molecule has 0 aliphatic carbocycles. The van der Waals surface area contributed by atoms with Crippen molar-refractivity contribution in [2.75, 3.05) is 13.1 Å². The monoisotopic (exact) mass is 341 g/mol. The van der Waals surface area contributed by atoms with Crippen LogP contribution < -0.4 is 0 Å². The second-order valence-electron chi connectivity index (χ2n) is 3.20. The first-order valence-electron chi connectivity index (χ1n) is 4.85. The van der Waals surface area contributed by atoms with Crippen LogP contribution in [0.3, 0.4) is 0 Å². The van der Waals surface area contributed by atoms with E-state index < -0.39 is 16.0 Å². The Kier molecular flexibility index (Phi) is 5.11. The number of sulfonamides is 1. The van der Waals surface area contributed by atoms with E-state index in [1.54, 1.807) is 13.0 Å². The molecule has 0 aliphatic heterocycles. The molecule has 0 radical (unpaired) electrons. The lowest BCUT2D eigenvalue weighted by molar-refractivity contribution is -0.137. The highest BCUT2D eigenvalue weighted by Gasteiger charge is 2.24. The number of rotatable bonds is 6. The summed E-state index contributed by atoms with van der Waals surface area (Å²) in [5.41, 5.74) is 0. The quantitative estimate of drug-likeness (QED) is 0.858. The molecule has 5 nitrogen and oxygen atoms in total. The number of halogens is 1. The van der Waals surface area contributed by atoms with Crippen LogP contribution in [0.1, 0.15) is 13.3 Å². The van der Waals surface area contributed by atoms with Gasteiger partial charge in [0.05, 0.1) is 10.2 Å². The summed E-state index contributed by atoms with van der Waals surface area (Å²) >= 11 is 4.31. The third-order valence-electron chi connectivity index (χ3n) is 2.07. The minimum absolute atomic E-state index is 0.0102. The lowest BCUT2D eigenvalue weighted by atomic mass is 10.4. The van der Waals surface area contributed by atoms with Crippen LogP contribution >= 0.6 is 27.3 Å². The van der Waals surface area contributed by atoms with Crippen molar-refractivity contribution >= 4 is 43.3 Å². The Balaban J connectivity index is 2.90. The molecule has 17 heavy (non-hydrogen) atoms. The van der Waals surface area contributed by atoms with Gasteiger partial charge in [-0.15, -0.1) is 11.3 Å². The summed E-state index contributed by atoms with van der Waals surface area (Å²) in [5.74, 6) is -1.01. The zero-order valence-electron chi connectivity index (χ0n) is 9.09. The molecule has 0 unspecified atom stereocenters. The highest BCUT2D eigenvalue weighted by Crippen LogP contribution is 2.28. The maximum absolute atomic E-state index is 12.1. The molecule has 0 fully saturated rings. The van der Waals surface area contributed by atoms with E-state index in [1.807, 2.05) is 0 Å². The van der Waals surface area contributed by atoms with Crippen LogP contribution in [0.4, 0.5) is 0 Å². The maximum atomic E-state index is 12.1. The predicted octanol–water partition coefficient (Wildman–Crippen LogP) is 2.00. The summed E-state index contributed by atoms with van der Waals surface area (Å²) in [4.78, 5) is 10.5. The lowest BCUT2D eigenvalue weighted by Gasteiger charge is -2.18. The van der Waals surface area contributed by atoms with Crippen molar-refractivity contribution in [3.05, 3.63) is 15.9 Å². The Morgan fingerprint density at radius 3 is 2.59 bits per heavy atom. The van der Waals surface area contributed by atoms with Gasteiger partial charge in [0.25, 0.3) is 10.0 Å². The molecule has 0 spiro atoms. The highest BCUT2D eigenvalue weighted by molar-refractivity contribution is 9.11. The Hall–Kier alpha value is -0.440. The van der Waals surface area contributed by atoms with E-state index >= 15 is 0 Å². The van der Waals surface area contributed by atoms with Gasteiger partial charge >= 0.3 is 5.97 Å².